The molecule has 2 atom stereocenters. The van der Waals surface area contributed by atoms with Crippen LogP contribution in [0.15, 0.2) is 42.7 Å². The Balaban J connectivity index is 1.97. The Morgan fingerprint density at radius 1 is 1.40 bits per heavy atom. The van der Waals surface area contributed by atoms with Gasteiger partial charge in [0.25, 0.3) is 0 Å². The molecule has 1 aliphatic heterocycles. The van der Waals surface area contributed by atoms with Crippen LogP contribution in [0.2, 0.25) is 0 Å². The number of cyclic esters (lactones) is 1. The van der Waals surface area contributed by atoms with Crippen LogP contribution < -0.4 is 5.32 Å². The summed E-state index contributed by atoms with van der Waals surface area (Å²) in [4.78, 5) is 36.8. The summed E-state index contributed by atoms with van der Waals surface area (Å²) in [5, 5.41) is 2.23. The minimum atomic E-state index is -3.63. The second kappa shape index (κ2) is 10.2. The van der Waals surface area contributed by atoms with E-state index >= 15 is 0 Å². The highest BCUT2D eigenvalue weighted by atomic mass is 32.2. The van der Waals surface area contributed by atoms with Crippen LogP contribution in [0.4, 0.5) is 4.79 Å². The van der Waals surface area contributed by atoms with Crippen molar-refractivity contribution in [3.05, 3.63) is 48.3 Å². The van der Waals surface area contributed by atoms with Gasteiger partial charge in [0.2, 0.25) is 22.3 Å². The Kier molecular flexibility index (Phi) is 7.99. The highest BCUT2D eigenvalue weighted by Gasteiger charge is 2.39. The smallest absolute Gasteiger partial charge is 0.416 e. The Morgan fingerprint density at radius 2 is 2.07 bits per heavy atom. The number of hydrogen-bond donors (Lipinski definition) is 1. The molecule has 1 fully saturated rings. The zero-order valence-corrected chi connectivity index (χ0v) is 17.9. The maximum absolute atomic E-state index is 12.9. The Labute approximate surface area is 176 Å². The fourth-order valence-corrected chi connectivity index (χ4v) is 4.22. The van der Waals surface area contributed by atoms with E-state index in [1.165, 1.54) is 4.90 Å². The average Bonchev–Trinajstić information content (AvgIpc) is 3.04. The lowest BCUT2D eigenvalue weighted by Crippen LogP contribution is -2.43. The summed E-state index contributed by atoms with van der Waals surface area (Å²) in [6.45, 7) is 5.42. The van der Waals surface area contributed by atoms with Gasteiger partial charge in [-0.05, 0) is 24.8 Å². The van der Waals surface area contributed by atoms with E-state index in [0.717, 1.165) is 16.1 Å². The summed E-state index contributed by atoms with van der Waals surface area (Å²) < 4.78 is 29.9. The first-order valence-corrected chi connectivity index (χ1v) is 11.4. The molecule has 3 amide bonds. The molecule has 0 bridgehead atoms. The number of imide groups is 1. The summed E-state index contributed by atoms with van der Waals surface area (Å²) >= 11 is 0. The molecule has 0 saturated carbocycles. The molecule has 30 heavy (non-hydrogen) atoms. The maximum Gasteiger partial charge on any atom is 0.416 e. The van der Waals surface area contributed by atoms with Crippen LogP contribution in [0.5, 0.6) is 0 Å². The number of carbonyl (C=O) groups is 3. The molecular formula is C20H27N3O6S. The quantitative estimate of drug-likeness (QED) is 0.525. The normalized spacial score (nSPS) is 17.2. The molecule has 1 saturated heterocycles. The molecule has 0 unspecified atom stereocenters. The van der Waals surface area contributed by atoms with Gasteiger partial charge in [-0.2, -0.15) is 0 Å². The van der Waals surface area contributed by atoms with Crippen molar-refractivity contribution in [3.63, 3.8) is 0 Å². The summed E-state index contributed by atoms with van der Waals surface area (Å²) in [6, 6.07) is 9.15. The number of amides is 3. The van der Waals surface area contributed by atoms with Gasteiger partial charge in [0, 0.05) is 12.5 Å². The van der Waals surface area contributed by atoms with Gasteiger partial charge in [0.1, 0.15) is 12.4 Å². The molecular weight excluding hydrogens is 410 g/mol. The lowest BCUT2D eigenvalue weighted by molar-refractivity contribution is -0.133. The number of benzene rings is 1. The molecule has 1 aromatic carbocycles. The first-order valence-electron chi connectivity index (χ1n) is 9.55. The van der Waals surface area contributed by atoms with Crippen LogP contribution in [0.3, 0.4) is 0 Å². The Hall–Kier alpha value is -2.88. The second-order valence-electron chi connectivity index (χ2n) is 7.22. The Morgan fingerprint density at radius 3 is 2.67 bits per heavy atom. The average molecular weight is 438 g/mol. The van der Waals surface area contributed by atoms with E-state index in [0.29, 0.717) is 25.7 Å². The molecule has 1 aromatic rings. The summed E-state index contributed by atoms with van der Waals surface area (Å²) in [6.07, 6.45) is 1.89. The molecule has 0 aromatic heterocycles. The minimum Gasteiger partial charge on any atom is -0.447 e. The zero-order valence-electron chi connectivity index (χ0n) is 17.1. The third-order valence-corrected chi connectivity index (χ3v) is 6.06. The monoisotopic (exact) mass is 437 g/mol. The first kappa shape index (κ1) is 23.4. The predicted molar refractivity (Wildman–Crippen MR) is 110 cm³/mol. The molecule has 9 nitrogen and oxygen atoms in total. The number of sulfonamides is 1. The molecule has 0 radical (unpaired) electrons. The van der Waals surface area contributed by atoms with E-state index in [1.54, 1.807) is 6.92 Å². The lowest BCUT2D eigenvalue weighted by atomic mass is 10.0. The SMILES string of the molecule is C=C(NC=O)N(CCC[C@H](C)C(=O)N1C(=O)OC[C@@H]1Cc1ccccc1)S(C)(=O)=O. The van der Waals surface area contributed by atoms with Crippen molar-refractivity contribution in [2.24, 2.45) is 5.92 Å². The van der Waals surface area contributed by atoms with Crippen LogP contribution >= 0.6 is 0 Å². The molecule has 2 rings (SSSR count). The fraction of sp³-hybridized carbons (Fsp3) is 0.450. The predicted octanol–water partition coefficient (Wildman–Crippen LogP) is 1.47. The van der Waals surface area contributed by atoms with Gasteiger partial charge >= 0.3 is 6.09 Å². The largest absolute Gasteiger partial charge is 0.447 e. The van der Waals surface area contributed by atoms with Crippen molar-refractivity contribution in [3.8, 4) is 0 Å². The maximum atomic E-state index is 12.9. The number of nitrogens with one attached hydrogen (secondary N) is 1. The van der Waals surface area contributed by atoms with E-state index in [9.17, 15) is 22.8 Å². The van der Waals surface area contributed by atoms with Crippen molar-refractivity contribution >= 4 is 28.4 Å². The number of rotatable bonds is 11. The third kappa shape index (κ3) is 6.06. The molecule has 1 aliphatic rings. The van der Waals surface area contributed by atoms with Gasteiger partial charge in [-0.15, -0.1) is 0 Å². The van der Waals surface area contributed by atoms with Crippen molar-refractivity contribution in [2.75, 3.05) is 19.4 Å². The highest BCUT2D eigenvalue weighted by Crippen LogP contribution is 2.22. The minimum absolute atomic E-state index is 0.0496. The van der Waals surface area contributed by atoms with Crippen LogP contribution in [0.25, 0.3) is 0 Å². The van der Waals surface area contributed by atoms with Crippen LogP contribution in [-0.4, -0.2) is 61.5 Å². The van der Waals surface area contributed by atoms with Gasteiger partial charge in [-0.3, -0.25) is 13.9 Å². The lowest BCUT2D eigenvalue weighted by Gasteiger charge is -2.25. The van der Waals surface area contributed by atoms with Gasteiger partial charge in [-0.25, -0.2) is 18.1 Å². The fourth-order valence-electron chi connectivity index (χ4n) is 3.31. The van der Waals surface area contributed by atoms with Crippen LogP contribution in [0, 0.1) is 5.92 Å². The molecule has 1 N–H and O–H groups in total. The highest BCUT2D eigenvalue weighted by molar-refractivity contribution is 7.88. The van der Waals surface area contributed by atoms with Crippen LogP contribution in [0.1, 0.15) is 25.3 Å². The zero-order chi connectivity index (χ0) is 22.3. The molecule has 0 spiro atoms. The molecule has 164 valence electrons. The molecule has 10 heteroatoms. The number of hydrogen-bond acceptors (Lipinski definition) is 6. The summed E-state index contributed by atoms with van der Waals surface area (Å²) in [7, 11) is -3.63. The molecule has 0 aliphatic carbocycles. The number of carbonyl (C=O) groups excluding carboxylic acids is 3. The van der Waals surface area contributed by atoms with Gasteiger partial charge in [-0.1, -0.05) is 43.8 Å². The van der Waals surface area contributed by atoms with Gasteiger partial charge < -0.3 is 10.1 Å². The van der Waals surface area contributed by atoms with Crippen molar-refractivity contribution in [1.29, 1.82) is 0 Å². The second-order valence-corrected chi connectivity index (χ2v) is 9.12. The molecule has 1 heterocycles. The summed E-state index contributed by atoms with van der Waals surface area (Å²) in [5.41, 5.74) is 0.997. The Bertz CT molecular complexity index is 887. The van der Waals surface area contributed by atoms with E-state index in [1.807, 2.05) is 30.3 Å². The standard InChI is InChI=1S/C20H27N3O6S/c1-15(8-7-11-22(30(3,27)28)16(2)21-14-24)19(25)23-18(13-29-20(23)26)12-17-9-5-4-6-10-17/h4-6,9-10,14-15,18H,2,7-8,11-13H2,1,3H3,(H,21,24)/t15-,18-/m0/s1. The van der Waals surface area contributed by atoms with E-state index in [-0.39, 0.29) is 30.9 Å². The number of ether oxygens (including phenoxy) is 1. The number of nitrogens with zero attached hydrogens (tertiary/aromatic N) is 2. The van der Waals surface area contributed by atoms with E-state index < -0.39 is 22.0 Å². The van der Waals surface area contributed by atoms with Crippen molar-refractivity contribution in [1.82, 2.24) is 14.5 Å². The van der Waals surface area contributed by atoms with Crippen LogP contribution in [-0.2, 0) is 30.8 Å². The van der Waals surface area contributed by atoms with E-state index in [4.69, 9.17) is 4.74 Å². The first-order chi connectivity index (χ1) is 14.1. The van der Waals surface area contributed by atoms with E-state index in [2.05, 4.69) is 11.9 Å². The van der Waals surface area contributed by atoms with Crippen molar-refractivity contribution in [2.45, 2.75) is 32.2 Å². The topological polar surface area (TPSA) is 113 Å². The summed E-state index contributed by atoms with van der Waals surface area (Å²) in [5.74, 6) is -0.922. The van der Waals surface area contributed by atoms with Gasteiger partial charge in [0.15, 0.2) is 0 Å². The van der Waals surface area contributed by atoms with Crippen molar-refractivity contribution < 1.29 is 27.5 Å². The third-order valence-electron chi connectivity index (χ3n) is 4.86. The van der Waals surface area contributed by atoms with Gasteiger partial charge in [0.05, 0.1) is 12.3 Å².